The number of rotatable bonds is 7. The summed E-state index contributed by atoms with van der Waals surface area (Å²) in [5.74, 6) is 5.12. The molecule has 0 saturated carbocycles. The van der Waals surface area contributed by atoms with Crippen LogP contribution in [-0.2, 0) is 28.8 Å². The highest BCUT2D eigenvalue weighted by molar-refractivity contribution is 7.11. The van der Waals surface area contributed by atoms with Crippen LogP contribution in [0, 0.1) is 0 Å². The molecular formula is C20H27N5O3S. The molecule has 29 heavy (non-hydrogen) atoms. The van der Waals surface area contributed by atoms with Crippen molar-refractivity contribution in [3.63, 3.8) is 0 Å². The second-order valence-electron chi connectivity index (χ2n) is 6.90. The van der Waals surface area contributed by atoms with E-state index in [-0.39, 0.29) is 5.91 Å². The van der Waals surface area contributed by atoms with Crippen molar-refractivity contribution in [2.24, 2.45) is 5.84 Å². The van der Waals surface area contributed by atoms with Gasteiger partial charge in [-0.1, -0.05) is 0 Å². The zero-order valence-corrected chi connectivity index (χ0v) is 17.4. The van der Waals surface area contributed by atoms with Gasteiger partial charge in [0.15, 0.2) is 0 Å². The molecule has 1 saturated heterocycles. The van der Waals surface area contributed by atoms with Gasteiger partial charge in [-0.3, -0.25) is 15.2 Å². The molecule has 0 aliphatic carbocycles. The Labute approximate surface area is 174 Å². The lowest BCUT2D eigenvalue weighted by Crippen LogP contribution is -2.48. The van der Waals surface area contributed by atoms with Crippen molar-refractivity contribution in [2.45, 2.75) is 26.2 Å². The second-order valence-corrected chi connectivity index (χ2v) is 8.15. The summed E-state index contributed by atoms with van der Waals surface area (Å²) in [7, 11) is 0. The fraction of sp³-hybridized carbons (Fsp3) is 0.450. The van der Waals surface area contributed by atoms with E-state index in [4.69, 9.17) is 10.6 Å². The van der Waals surface area contributed by atoms with Gasteiger partial charge in [0, 0.05) is 55.0 Å². The van der Waals surface area contributed by atoms with Gasteiger partial charge in [0.2, 0.25) is 5.91 Å². The highest BCUT2D eigenvalue weighted by atomic mass is 32.1. The van der Waals surface area contributed by atoms with Crippen LogP contribution in [0.1, 0.15) is 22.4 Å². The number of nitrogens with zero attached hydrogens (tertiary/aromatic N) is 3. The molecule has 0 bridgehead atoms. The average molecular weight is 418 g/mol. The number of hydrazine groups is 1. The number of thiophene rings is 1. The van der Waals surface area contributed by atoms with E-state index in [2.05, 4.69) is 34.1 Å². The maximum Gasteiger partial charge on any atom is 0.421 e. The van der Waals surface area contributed by atoms with Crippen molar-refractivity contribution >= 4 is 29.0 Å². The number of aromatic nitrogens is 1. The van der Waals surface area contributed by atoms with Crippen molar-refractivity contribution in [1.82, 2.24) is 15.3 Å². The molecular weight excluding hydrogens is 390 g/mol. The van der Waals surface area contributed by atoms with Crippen molar-refractivity contribution in [2.75, 3.05) is 37.7 Å². The first kappa shape index (κ1) is 21.1. The first-order chi connectivity index (χ1) is 14.0. The van der Waals surface area contributed by atoms with Crippen molar-refractivity contribution in [3.05, 3.63) is 45.9 Å². The van der Waals surface area contributed by atoms with Gasteiger partial charge in [-0.2, -0.15) is 0 Å². The van der Waals surface area contributed by atoms with Crippen LogP contribution in [0.3, 0.4) is 0 Å². The van der Waals surface area contributed by atoms with Crippen LogP contribution < -0.4 is 16.2 Å². The van der Waals surface area contributed by atoms with Gasteiger partial charge in [-0.05, 0) is 37.1 Å². The SMILES string of the molecule is CC(=O)N1CCN(c2ccc(CCc3ccc(CCOC(=O)NN)s3)nc2)CC1. The lowest BCUT2D eigenvalue weighted by atomic mass is 10.2. The van der Waals surface area contributed by atoms with Gasteiger partial charge in [-0.25, -0.2) is 10.6 Å². The Hall–Kier alpha value is -2.65. The molecule has 156 valence electrons. The summed E-state index contributed by atoms with van der Waals surface area (Å²) in [6.07, 6.45) is 3.81. The van der Waals surface area contributed by atoms with Crippen LogP contribution in [0.5, 0.6) is 0 Å². The minimum Gasteiger partial charge on any atom is -0.448 e. The maximum atomic E-state index is 11.4. The number of piperazine rings is 1. The number of hydrogen-bond acceptors (Lipinski definition) is 7. The van der Waals surface area contributed by atoms with Gasteiger partial charge in [-0.15, -0.1) is 11.3 Å². The van der Waals surface area contributed by atoms with Gasteiger partial charge in [0.25, 0.3) is 0 Å². The van der Waals surface area contributed by atoms with Crippen LogP contribution in [0.2, 0.25) is 0 Å². The molecule has 0 atom stereocenters. The number of aryl methyl sites for hydroxylation is 2. The Morgan fingerprint density at radius 1 is 1.10 bits per heavy atom. The molecule has 0 aromatic carbocycles. The number of carbonyl (C=O) groups is 2. The van der Waals surface area contributed by atoms with E-state index >= 15 is 0 Å². The van der Waals surface area contributed by atoms with Crippen LogP contribution >= 0.6 is 11.3 Å². The third-order valence-electron chi connectivity index (χ3n) is 4.94. The van der Waals surface area contributed by atoms with Crippen LogP contribution in [0.4, 0.5) is 10.5 Å². The Balaban J connectivity index is 1.44. The minimum absolute atomic E-state index is 0.142. The zero-order chi connectivity index (χ0) is 20.6. The summed E-state index contributed by atoms with van der Waals surface area (Å²) in [5.41, 5.74) is 4.11. The molecule has 1 aliphatic rings. The van der Waals surface area contributed by atoms with Gasteiger partial charge in [0.1, 0.15) is 0 Å². The first-order valence-corrected chi connectivity index (χ1v) is 10.5. The van der Waals surface area contributed by atoms with E-state index in [9.17, 15) is 9.59 Å². The number of ether oxygens (including phenoxy) is 1. The number of nitrogens with one attached hydrogen (secondary N) is 1. The average Bonchev–Trinajstić information content (AvgIpc) is 3.20. The van der Waals surface area contributed by atoms with E-state index in [0.717, 1.165) is 50.4 Å². The summed E-state index contributed by atoms with van der Waals surface area (Å²) < 4.78 is 4.91. The van der Waals surface area contributed by atoms with E-state index in [1.54, 1.807) is 18.3 Å². The molecule has 2 amide bonds. The Bertz CT molecular complexity index is 816. The normalized spacial score (nSPS) is 14.0. The lowest BCUT2D eigenvalue weighted by Gasteiger charge is -2.35. The standard InChI is InChI=1S/C20H27N5O3S/c1-15(26)24-9-11-25(12-10-24)17-4-2-16(22-14-17)3-5-18-6-7-19(29-18)8-13-28-20(27)23-21/h2,4,6-7,14H,3,5,8-13,21H2,1H3,(H,23,27). The van der Waals surface area contributed by atoms with E-state index in [1.165, 1.54) is 9.75 Å². The topological polar surface area (TPSA) is 101 Å². The third-order valence-corrected chi connectivity index (χ3v) is 6.15. The van der Waals surface area contributed by atoms with Gasteiger partial charge in [0.05, 0.1) is 18.5 Å². The quantitative estimate of drug-likeness (QED) is 0.404. The van der Waals surface area contributed by atoms with Crippen LogP contribution in [0.15, 0.2) is 30.5 Å². The zero-order valence-electron chi connectivity index (χ0n) is 16.6. The van der Waals surface area contributed by atoms with Crippen molar-refractivity contribution in [3.8, 4) is 0 Å². The van der Waals surface area contributed by atoms with Crippen molar-refractivity contribution in [1.29, 1.82) is 0 Å². The summed E-state index contributed by atoms with van der Waals surface area (Å²) in [5, 5.41) is 0. The summed E-state index contributed by atoms with van der Waals surface area (Å²) in [6, 6.07) is 8.39. The molecule has 8 nitrogen and oxygen atoms in total. The Kier molecular flexibility index (Phi) is 7.42. The smallest absolute Gasteiger partial charge is 0.421 e. The molecule has 2 aromatic heterocycles. The molecule has 9 heteroatoms. The van der Waals surface area contributed by atoms with Gasteiger partial charge < -0.3 is 14.5 Å². The molecule has 2 aromatic rings. The summed E-state index contributed by atoms with van der Waals surface area (Å²) >= 11 is 1.73. The van der Waals surface area contributed by atoms with Crippen molar-refractivity contribution < 1.29 is 14.3 Å². The Morgan fingerprint density at radius 2 is 1.83 bits per heavy atom. The largest absolute Gasteiger partial charge is 0.448 e. The Morgan fingerprint density at radius 3 is 2.45 bits per heavy atom. The monoisotopic (exact) mass is 417 g/mol. The van der Waals surface area contributed by atoms with Crippen LogP contribution in [-0.4, -0.2) is 54.7 Å². The number of nitrogens with two attached hydrogens (primary N) is 1. The summed E-state index contributed by atoms with van der Waals surface area (Å²) in [4.78, 5) is 33.6. The number of amides is 2. The molecule has 0 radical (unpaired) electrons. The third kappa shape index (κ3) is 6.16. The molecule has 1 aliphatic heterocycles. The van der Waals surface area contributed by atoms with E-state index < -0.39 is 6.09 Å². The van der Waals surface area contributed by atoms with E-state index in [1.807, 2.05) is 16.5 Å². The molecule has 3 heterocycles. The summed E-state index contributed by atoms with van der Waals surface area (Å²) in [6.45, 7) is 5.15. The number of pyridine rings is 1. The molecule has 1 fully saturated rings. The highest BCUT2D eigenvalue weighted by Crippen LogP contribution is 2.20. The number of hydrogen-bond donors (Lipinski definition) is 2. The number of carbonyl (C=O) groups excluding carboxylic acids is 2. The molecule has 3 N–H and O–H groups in total. The first-order valence-electron chi connectivity index (χ1n) is 9.71. The fourth-order valence-corrected chi connectivity index (χ4v) is 4.26. The predicted octanol–water partition coefficient (Wildman–Crippen LogP) is 1.74. The van der Waals surface area contributed by atoms with Gasteiger partial charge >= 0.3 is 6.09 Å². The second kappa shape index (κ2) is 10.2. The lowest BCUT2D eigenvalue weighted by molar-refractivity contribution is -0.129. The maximum absolute atomic E-state index is 11.4. The van der Waals surface area contributed by atoms with Crippen LogP contribution in [0.25, 0.3) is 0 Å². The molecule has 0 spiro atoms. The fourth-order valence-electron chi connectivity index (χ4n) is 3.26. The van der Waals surface area contributed by atoms with E-state index in [0.29, 0.717) is 13.0 Å². The minimum atomic E-state index is -0.614. The number of anilines is 1. The highest BCUT2D eigenvalue weighted by Gasteiger charge is 2.18. The molecule has 0 unspecified atom stereocenters. The molecule has 3 rings (SSSR count). The predicted molar refractivity (Wildman–Crippen MR) is 113 cm³/mol.